The van der Waals surface area contributed by atoms with Crippen molar-refractivity contribution in [2.75, 3.05) is 13.1 Å². The number of likely N-dealkylation sites (N-methyl/N-ethyl adjacent to an activating group) is 1. The number of carbonyl (C=O) groups excluding carboxylic acids is 1. The summed E-state index contributed by atoms with van der Waals surface area (Å²) in [6, 6.07) is 10.0. The van der Waals surface area contributed by atoms with E-state index in [0.717, 1.165) is 6.42 Å². The first-order valence-corrected chi connectivity index (χ1v) is 6.13. The normalized spacial score (nSPS) is 10.5. The predicted molar refractivity (Wildman–Crippen MR) is 67.9 cm³/mol. The van der Waals surface area contributed by atoms with Gasteiger partial charge in [0, 0.05) is 13.1 Å². The molecule has 1 rings (SSSR count). The van der Waals surface area contributed by atoms with Gasteiger partial charge in [-0.25, -0.2) is 0 Å². The van der Waals surface area contributed by atoms with Gasteiger partial charge in [-0.05, 0) is 18.9 Å². The molecule has 0 saturated heterocycles. The van der Waals surface area contributed by atoms with Gasteiger partial charge in [0.25, 0.3) is 5.91 Å². The third kappa shape index (κ3) is 4.03. The van der Waals surface area contributed by atoms with E-state index in [9.17, 15) is 4.79 Å². The maximum Gasteiger partial charge on any atom is 0.255 e. The molecule has 88 valence electrons. The van der Waals surface area contributed by atoms with E-state index < -0.39 is 4.84 Å². The highest BCUT2D eigenvalue weighted by atomic mass is 35.5. The third-order valence-corrected chi connectivity index (χ3v) is 2.77. The summed E-state index contributed by atoms with van der Waals surface area (Å²) in [6.07, 6.45) is 0.820. The number of benzene rings is 1. The van der Waals surface area contributed by atoms with Gasteiger partial charge in [0.2, 0.25) is 0 Å². The summed E-state index contributed by atoms with van der Waals surface area (Å²) in [6.45, 7) is 3.19. The molecule has 0 saturated carbocycles. The maximum atomic E-state index is 11.6. The lowest BCUT2D eigenvalue weighted by Gasteiger charge is -2.21. The molecule has 1 aromatic rings. The standard InChI is InChI=1S/C12H15Cl2NO/c1-2-15(12(16)11(13)14)9-8-10-6-4-3-5-7-10/h3-7,11H,2,8-9H2,1H3. The zero-order valence-corrected chi connectivity index (χ0v) is 10.7. The Morgan fingerprint density at radius 2 is 1.94 bits per heavy atom. The molecular weight excluding hydrogens is 245 g/mol. The van der Waals surface area contributed by atoms with Crippen molar-refractivity contribution in [3.8, 4) is 0 Å². The number of carbonyl (C=O) groups is 1. The molecule has 0 heterocycles. The second-order valence-corrected chi connectivity index (χ2v) is 4.55. The van der Waals surface area contributed by atoms with Gasteiger partial charge in [0.05, 0.1) is 0 Å². The topological polar surface area (TPSA) is 20.3 Å². The average Bonchev–Trinajstić information content (AvgIpc) is 2.30. The summed E-state index contributed by atoms with van der Waals surface area (Å²) in [4.78, 5) is 12.3. The molecule has 0 aliphatic carbocycles. The smallest absolute Gasteiger partial charge is 0.255 e. The van der Waals surface area contributed by atoms with Crippen molar-refractivity contribution in [1.29, 1.82) is 0 Å². The summed E-state index contributed by atoms with van der Waals surface area (Å²) < 4.78 is 0. The number of amides is 1. The van der Waals surface area contributed by atoms with Crippen LogP contribution in [0.25, 0.3) is 0 Å². The number of alkyl halides is 2. The van der Waals surface area contributed by atoms with Gasteiger partial charge in [0.15, 0.2) is 4.84 Å². The summed E-state index contributed by atoms with van der Waals surface area (Å²) in [5, 5.41) is 0. The minimum atomic E-state index is -0.962. The van der Waals surface area contributed by atoms with Crippen LogP contribution in [0.5, 0.6) is 0 Å². The molecule has 0 spiro atoms. The van der Waals surface area contributed by atoms with Gasteiger partial charge < -0.3 is 4.90 Å². The van der Waals surface area contributed by atoms with Gasteiger partial charge in [-0.15, -0.1) is 0 Å². The van der Waals surface area contributed by atoms with Crippen LogP contribution in [0.2, 0.25) is 0 Å². The highest BCUT2D eigenvalue weighted by Crippen LogP contribution is 2.08. The monoisotopic (exact) mass is 259 g/mol. The van der Waals surface area contributed by atoms with Crippen molar-refractivity contribution in [3.05, 3.63) is 35.9 Å². The number of nitrogens with zero attached hydrogens (tertiary/aromatic N) is 1. The molecular formula is C12H15Cl2NO. The fourth-order valence-corrected chi connectivity index (χ4v) is 1.75. The molecule has 0 radical (unpaired) electrons. The van der Waals surface area contributed by atoms with Crippen LogP contribution in [0.1, 0.15) is 12.5 Å². The molecule has 1 aromatic carbocycles. The lowest BCUT2D eigenvalue weighted by Crippen LogP contribution is -2.36. The Morgan fingerprint density at radius 1 is 1.31 bits per heavy atom. The summed E-state index contributed by atoms with van der Waals surface area (Å²) in [5.74, 6) is -0.221. The Balaban J connectivity index is 2.49. The molecule has 16 heavy (non-hydrogen) atoms. The molecule has 2 nitrogen and oxygen atoms in total. The Morgan fingerprint density at radius 3 is 2.44 bits per heavy atom. The number of hydrogen-bond acceptors (Lipinski definition) is 1. The average molecular weight is 260 g/mol. The summed E-state index contributed by atoms with van der Waals surface area (Å²) in [5.41, 5.74) is 1.20. The number of hydrogen-bond donors (Lipinski definition) is 0. The predicted octanol–water partition coefficient (Wildman–Crippen LogP) is 2.88. The first kappa shape index (κ1) is 13.3. The van der Waals surface area contributed by atoms with E-state index in [1.807, 2.05) is 37.3 Å². The van der Waals surface area contributed by atoms with E-state index >= 15 is 0 Å². The van der Waals surface area contributed by atoms with E-state index in [2.05, 4.69) is 0 Å². The van der Waals surface area contributed by atoms with Crippen LogP contribution in [-0.4, -0.2) is 28.7 Å². The van der Waals surface area contributed by atoms with E-state index in [1.54, 1.807) is 4.90 Å². The Kier molecular flexibility index (Phi) is 5.64. The molecule has 0 fully saturated rings. The van der Waals surface area contributed by atoms with Crippen LogP contribution in [0.15, 0.2) is 30.3 Å². The minimum absolute atomic E-state index is 0.221. The molecule has 0 aromatic heterocycles. The molecule has 0 atom stereocenters. The van der Waals surface area contributed by atoms with Gasteiger partial charge in [-0.1, -0.05) is 53.5 Å². The lowest BCUT2D eigenvalue weighted by atomic mass is 10.1. The van der Waals surface area contributed by atoms with Crippen LogP contribution in [0.3, 0.4) is 0 Å². The summed E-state index contributed by atoms with van der Waals surface area (Å²) >= 11 is 11.1. The van der Waals surface area contributed by atoms with E-state index in [0.29, 0.717) is 13.1 Å². The van der Waals surface area contributed by atoms with Crippen LogP contribution < -0.4 is 0 Å². The van der Waals surface area contributed by atoms with Crippen LogP contribution >= 0.6 is 23.2 Å². The maximum absolute atomic E-state index is 11.6. The zero-order valence-electron chi connectivity index (χ0n) is 9.20. The second-order valence-electron chi connectivity index (χ2n) is 3.45. The quantitative estimate of drug-likeness (QED) is 0.745. The number of halogens is 2. The van der Waals surface area contributed by atoms with Crippen LogP contribution in [0.4, 0.5) is 0 Å². The van der Waals surface area contributed by atoms with Gasteiger partial charge in [-0.2, -0.15) is 0 Å². The molecule has 0 unspecified atom stereocenters. The molecule has 4 heteroatoms. The molecule has 0 N–H and O–H groups in total. The van der Waals surface area contributed by atoms with Crippen molar-refractivity contribution in [1.82, 2.24) is 4.90 Å². The fourth-order valence-electron chi connectivity index (χ4n) is 1.47. The fraction of sp³-hybridized carbons (Fsp3) is 0.417. The Bertz CT molecular complexity index is 327. The largest absolute Gasteiger partial charge is 0.340 e. The Labute approximate surface area is 106 Å². The SMILES string of the molecule is CCN(CCc1ccccc1)C(=O)C(Cl)Cl. The first-order chi connectivity index (χ1) is 7.65. The second kappa shape index (κ2) is 6.77. The first-order valence-electron chi connectivity index (χ1n) is 5.26. The van der Waals surface area contributed by atoms with Crippen molar-refractivity contribution in [3.63, 3.8) is 0 Å². The highest BCUT2D eigenvalue weighted by Gasteiger charge is 2.18. The van der Waals surface area contributed by atoms with Gasteiger partial charge in [-0.3, -0.25) is 4.79 Å². The van der Waals surface area contributed by atoms with E-state index in [-0.39, 0.29) is 5.91 Å². The number of rotatable bonds is 5. The molecule has 1 amide bonds. The van der Waals surface area contributed by atoms with Crippen molar-refractivity contribution < 1.29 is 4.79 Å². The third-order valence-electron chi connectivity index (χ3n) is 2.39. The van der Waals surface area contributed by atoms with Crippen LogP contribution in [-0.2, 0) is 11.2 Å². The van der Waals surface area contributed by atoms with Gasteiger partial charge in [0.1, 0.15) is 0 Å². The minimum Gasteiger partial charge on any atom is -0.340 e. The Hall–Kier alpha value is -0.730. The van der Waals surface area contributed by atoms with E-state index in [4.69, 9.17) is 23.2 Å². The van der Waals surface area contributed by atoms with Crippen molar-refractivity contribution >= 4 is 29.1 Å². The molecule has 0 aliphatic heterocycles. The molecule has 0 aliphatic rings. The van der Waals surface area contributed by atoms with Crippen molar-refractivity contribution in [2.45, 2.75) is 18.2 Å². The summed E-state index contributed by atoms with van der Waals surface area (Å²) in [7, 11) is 0. The lowest BCUT2D eigenvalue weighted by molar-refractivity contribution is -0.129. The zero-order chi connectivity index (χ0) is 12.0. The van der Waals surface area contributed by atoms with E-state index in [1.165, 1.54) is 5.56 Å². The highest BCUT2D eigenvalue weighted by molar-refractivity contribution is 6.53. The van der Waals surface area contributed by atoms with Crippen LogP contribution in [0, 0.1) is 0 Å². The van der Waals surface area contributed by atoms with Gasteiger partial charge >= 0.3 is 0 Å². The van der Waals surface area contributed by atoms with Crippen molar-refractivity contribution in [2.24, 2.45) is 0 Å². The molecule has 0 bridgehead atoms.